The summed E-state index contributed by atoms with van der Waals surface area (Å²) in [5.41, 5.74) is 2.94. The van der Waals surface area contributed by atoms with Gasteiger partial charge in [0, 0.05) is 24.7 Å². The second-order valence-electron chi connectivity index (χ2n) is 6.91. The number of nitrogens with zero attached hydrogens (tertiary/aromatic N) is 2. The number of nitrogens with one attached hydrogen (secondary N) is 1. The third-order valence-corrected chi connectivity index (χ3v) is 6.18. The molecule has 1 saturated heterocycles. The Bertz CT molecular complexity index is 946. The van der Waals surface area contributed by atoms with E-state index in [2.05, 4.69) is 22.1 Å². The minimum atomic E-state index is -0.236. The summed E-state index contributed by atoms with van der Waals surface area (Å²) in [6, 6.07) is 12.7. The topological polar surface area (TPSA) is 45.2 Å². The molecule has 6 heteroatoms. The van der Waals surface area contributed by atoms with Crippen LogP contribution in [0.2, 0.25) is 0 Å². The fraction of sp³-hybridized carbons (Fsp3) is 0.333. The van der Waals surface area contributed by atoms with Crippen LogP contribution in [0.25, 0.3) is 10.2 Å². The molecule has 1 aliphatic heterocycles. The molecule has 0 atom stereocenters. The number of halogens is 1. The van der Waals surface area contributed by atoms with Crippen LogP contribution in [-0.4, -0.2) is 24.0 Å². The van der Waals surface area contributed by atoms with E-state index in [1.54, 1.807) is 6.07 Å². The Kier molecular flexibility index (Phi) is 5.07. The van der Waals surface area contributed by atoms with Crippen LogP contribution in [0.15, 0.2) is 42.5 Å². The average Bonchev–Trinajstić information content (AvgIpc) is 3.12. The number of fused-ring (bicyclic) bond motifs is 1. The highest BCUT2D eigenvalue weighted by molar-refractivity contribution is 7.22. The van der Waals surface area contributed by atoms with E-state index in [9.17, 15) is 9.18 Å². The van der Waals surface area contributed by atoms with E-state index in [0.29, 0.717) is 0 Å². The van der Waals surface area contributed by atoms with Gasteiger partial charge in [0.25, 0.3) is 0 Å². The number of amides is 1. The van der Waals surface area contributed by atoms with Crippen molar-refractivity contribution >= 4 is 38.3 Å². The van der Waals surface area contributed by atoms with Crippen LogP contribution in [0.5, 0.6) is 0 Å². The molecule has 0 aliphatic carbocycles. The summed E-state index contributed by atoms with van der Waals surface area (Å²) in [5, 5.41) is 3.94. The number of rotatable bonds is 4. The van der Waals surface area contributed by atoms with Crippen molar-refractivity contribution in [3.8, 4) is 0 Å². The quantitative estimate of drug-likeness (QED) is 0.700. The van der Waals surface area contributed by atoms with Gasteiger partial charge in [-0.15, -0.1) is 0 Å². The first-order valence-corrected chi connectivity index (χ1v) is 10.1. The zero-order valence-corrected chi connectivity index (χ0v) is 16.1. The van der Waals surface area contributed by atoms with Gasteiger partial charge in [-0.25, -0.2) is 9.37 Å². The Morgan fingerprint density at radius 2 is 1.96 bits per heavy atom. The van der Waals surface area contributed by atoms with E-state index in [-0.39, 0.29) is 17.6 Å². The van der Waals surface area contributed by atoms with Gasteiger partial charge >= 0.3 is 0 Å². The molecule has 0 unspecified atom stereocenters. The molecule has 2 heterocycles. The number of thiazole rings is 1. The normalized spacial score (nSPS) is 15.3. The van der Waals surface area contributed by atoms with Gasteiger partial charge in [-0.3, -0.25) is 4.79 Å². The Labute approximate surface area is 162 Å². The van der Waals surface area contributed by atoms with Crippen LogP contribution in [0.4, 0.5) is 15.2 Å². The largest absolute Gasteiger partial charge is 0.348 e. The lowest BCUT2D eigenvalue weighted by molar-refractivity contribution is -0.120. The lowest BCUT2D eigenvalue weighted by Crippen LogP contribution is -2.38. The standard InChI is InChI=1S/C21H22FN3OS/c1-2-14-3-6-17(7-4-14)23-20(26)15-9-11-25(12-10-15)21-24-18-8-5-16(22)13-19(18)27-21/h3-8,13,15H,2,9-12H2,1H3,(H,23,26). The van der Waals surface area contributed by atoms with Crippen molar-refractivity contribution in [1.29, 1.82) is 0 Å². The molecule has 140 valence electrons. The summed E-state index contributed by atoms with van der Waals surface area (Å²) >= 11 is 1.51. The Balaban J connectivity index is 1.36. The number of aromatic nitrogens is 1. The van der Waals surface area contributed by atoms with Gasteiger partial charge in [0.2, 0.25) is 5.91 Å². The fourth-order valence-electron chi connectivity index (χ4n) is 3.42. The predicted octanol–water partition coefficient (Wildman–Crippen LogP) is 4.85. The number of aryl methyl sites for hydroxylation is 1. The summed E-state index contributed by atoms with van der Waals surface area (Å²) < 4.78 is 14.2. The molecule has 1 fully saturated rings. The molecule has 1 aliphatic rings. The first kappa shape index (κ1) is 17.9. The number of piperidine rings is 1. The molecule has 0 bridgehead atoms. The maximum Gasteiger partial charge on any atom is 0.227 e. The molecule has 27 heavy (non-hydrogen) atoms. The van der Waals surface area contributed by atoms with Gasteiger partial charge in [0.15, 0.2) is 5.13 Å². The molecule has 4 nitrogen and oxygen atoms in total. The zero-order chi connectivity index (χ0) is 18.8. The second kappa shape index (κ2) is 7.64. The highest BCUT2D eigenvalue weighted by atomic mass is 32.1. The van der Waals surface area contributed by atoms with Crippen LogP contribution in [0, 0.1) is 11.7 Å². The third-order valence-electron chi connectivity index (χ3n) is 5.11. The zero-order valence-electron chi connectivity index (χ0n) is 15.2. The number of benzene rings is 2. The molecule has 4 rings (SSSR count). The first-order valence-electron chi connectivity index (χ1n) is 9.33. The van der Waals surface area contributed by atoms with Gasteiger partial charge in [-0.05, 0) is 55.2 Å². The summed E-state index contributed by atoms with van der Waals surface area (Å²) in [6.07, 6.45) is 2.58. The van der Waals surface area contributed by atoms with E-state index in [4.69, 9.17) is 0 Å². The monoisotopic (exact) mass is 383 g/mol. The van der Waals surface area contributed by atoms with Crippen molar-refractivity contribution in [2.75, 3.05) is 23.3 Å². The lowest BCUT2D eigenvalue weighted by atomic mass is 9.96. The smallest absolute Gasteiger partial charge is 0.227 e. The van der Waals surface area contributed by atoms with Gasteiger partial charge in [-0.1, -0.05) is 30.4 Å². The number of carbonyl (C=O) groups excluding carboxylic acids is 1. The van der Waals surface area contributed by atoms with Crippen molar-refractivity contribution in [3.05, 3.63) is 53.8 Å². The fourth-order valence-corrected chi connectivity index (χ4v) is 4.46. The molecule has 1 aromatic heterocycles. The van der Waals surface area contributed by atoms with Crippen LogP contribution < -0.4 is 10.2 Å². The predicted molar refractivity (Wildman–Crippen MR) is 109 cm³/mol. The Morgan fingerprint density at radius 1 is 1.22 bits per heavy atom. The van der Waals surface area contributed by atoms with Crippen LogP contribution >= 0.6 is 11.3 Å². The highest BCUT2D eigenvalue weighted by Gasteiger charge is 2.26. The van der Waals surface area contributed by atoms with E-state index >= 15 is 0 Å². The van der Waals surface area contributed by atoms with Crippen LogP contribution in [0.3, 0.4) is 0 Å². The van der Waals surface area contributed by atoms with Gasteiger partial charge < -0.3 is 10.2 Å². The van der Waals surface area contributed by atoms with Gasteiger partial charge in [0.05, 0.1) is 10.2 Å². The van der Waals surface area contributed by atoms with E-state index in [1.165, 1.54) is 29.0 Å². The first-order chi connectivity index (χ1) is 13.1. The molecular formula is C21H22FN3OS. The maximum absolute atomic E-state index is 13.4. The maximum atomic E-state index is 13.4. The number of carbonyl (C=O) groups is 1. The van der Waals surface area contributed by atoms with E-state index < -0.39 is 0 Å². The van der Waals surface area contributed by atoms with Crippen LogP contribution in [0.1, 0.15) is 25.3 Å². The summed E-state index contributed by atoms with van der Waals surface area (Å²) in [4.78, 5) is 19.4. The number of hydrogen-bond acceptors (Lipinski definition) is 4. The SMILES string of the molecule is CCc1ccc(NC(=O)C2CCN(c3nc4ccc(F)cc4s3)CC2)cc1. The van der Waals surface area contributed by atoms with E-state index in [1.807, 2.05) is 24.3 Å². The van der Waals surface area contributed by atoms with E-state index in [0.717, 1.165) is 53.4 Å². The van der Waals surface area contributed by atoms with Crippen molar-refractivity contribution in [3.63, 3.8) is 0 Å². The number of hydrogen-bond donors (Lipinski definition) is 1. The van der Waals surface area contributed by atoms with Crippen molar-refractivity contribution in [2.45, 2.75) is 26.2 Å². The minimum Gasteiger partial charge on any atom is -0.348 e. The summed E-state index contributed by atoms with van der Waals surface area (Å²) in [6.45, 7) is 3.69. The minimum absolute atomic E-state index is 0.0129. The molecule has 3 aromatic rings. The Morgan fingerprint density at radius 3 is 2.67 bits per heavy atom. The van der Waals surface area contributed by atoms with Crippen molar-refractivity contribution < 1.29 is 9.18 Å². The van der Waals surface area contributed by atoms with Gasteiger partial charge in [0.1, 0.15) is 5.82 Å². The molecule has 0 spiro atoms. The second-order valence-corrected chi connectivity index (χ2v) is 7.92. The summed E-state index contributed by atoms with van der Waals surface area (Å²) in [7, 11) is 0. The molecule has 2 aromatic carbocycles. The third kappa shape index (κ3) is 3.95. The van der Waals surface area contributed by atoms with Crippen molar-refractivity contribution in [2.24, 2.45) is 5.92 Å². The molecular weight excluding hydrogens is 361 g/mol. The summed E-state index contributed by atoms with van der Waals surface area (Å²) in [5.74, 6) is -0.135. The average molecular weight is 383 g/mol. The molecule has 0 radical (unpaired) electrons. The number of anilines is 2. The highest BCUT2D eigenvalue weighted by Crippen LogP contribution is 2.32. The Hall–Kier alpha value is -2.47. The molecule has 1 N–H and O–H groups in total. The molecule has 0 saturated carbocycles. The molecule has 1 amide bonds. The van der Waals surface area contributed by atoms with Crippen LogP contribution in [-0.2, 0) is 11.2 Å². The lowest BCUT2D eigenvalue weighted by Gasteiger charge is -2.31. The van der Waals surface area contributed by atoms with Crippen molar-refractivity contribution in [1.82, 2.24) is 4.98 Å². The van der Waals surface area contributed by atoms with Gasteiger partial charge in [-0.2, -0.15) is 0 Å².